The van der Waals surface area contributed by atoms with Gasteiger partial charge in [-0.15, -0.1) is 0 Å². The number of amides is 1. The molecule has 0 aliphatic carbocycles. The van der Waals surface area contributed by atoms with E-state index in [9.17, 15) is 9.90 Å². The van der Waals surface area contributed by atoms with E-state index in [0.29, 0.717) is 5.88 Å². The number of nitrogens with zero attached hydrogens (tertiary/aromatic N) is 3. The second kappa shape index (κ2) is 6.92. The number of aromatic hydroxyl groups is 1. The molecule has 1 saturated heterocycles. The number of benzene rings is 1. The highest BCUT2D eigenvalue weighted by atomic mass is 16.5. The fourth-order valence-corrected chi connectivity index (χ4v) is 2.85. The summed E-state index contributed by atoms with van der Waals surface area (Å²) in [7, 11) is 0. The maximum atomic E-state index is 12.3. The van der Waals surface area contributed by atoms with E-state index in [1.807, 2.05) is 26.0 Å². The van der Waals surface area contributed by atoms with Crippen LogP contribution in [0.2, 0.25) is 0 Å². The van der Waals surface area contributed by atoms with Crippen LogP contribution in [-0.4, -0.2) is 53.3 Å². The molecule has 7 nitrogen and oxygen atoms in total. The summed E-state index contributed by atoms with van der Waals surface area (Å²) in [5.41, 5.74) is 1.82. The van der Waals surface area contributed by atoms with Crippen molar-refractivity contribution in [3.63, 3.8) is 0 Å². The maximum Gasteiger partial charge on any atom is 0.243 e. The van der Waals surface area contributed by atoms with Crippen LogP contribution >= 0.6 is 0 Å². The standard InChI is InChI=1S/C17H22N4O3/c1-12-11-16(24-19-12)18-17(23)13(2)20-7-9-21(10-8-20)14-3-5-15(22)6-4-14/h3-6,11,13,22H,7-10H2,1-2H3,(H,18,23)/t13-/m1/s1. The molecule has 0 radical (unpaired) electrons. The number of carbonyl (C=O) groups is 1. The highest BCUT2D eigenvalue weighted by molar-refractivity contribution is 5.93. The summed E-state index contributed by atoms with van der Waals surface area (Å²) in [4.78, 5) is 16.7. The van der Waals surface area contributed by atoms with Crippen molar-refractivity contribution >= 4 is 17.5 Å². The van der Waals surface area contributed by atoms with Gasteiger partial charge in [-0.05, 0) is 38.1 Å². The molecule has 1 amide bonds. The van der Waals surface area contributed by atoms with E-state index in [1.165, 1.54) is 0 Å². The fourth-order valence-electron chi connectivity index (χ4n) is 2.85. The van der Waals surface area contributed by atoms with E-state index >= 15 is 0 Å². The predicted molar refractivity (Wildman–Crippen MR) is 91.2 cm³/mol. The Morgan fingerprint density at radius 1 is 1.25 bits per heavy atom. The number of phenols is 1. The van der Waals surface area contributed by atoms with Crippen LogP contribution < -0.4 is 10.2 Å². The first-order chi connectivity index (χ1) is 11.5. The van der Waals surface area contributed by atoms with E-state index < -0.39 is 0 Å². The fraction of sp³-hybridized carbons (Fsp3) is 0.412. The Kier molecular flexibility index (Phi) is 4.71. The Labute approximate surface area is 140 Å². The maximum absolute atomic E-state index is 12.3. The second-order valence-electron chi connectivity index (χ2n) is 6.04. The zero-order chi connectivity index (χ0) is 17.1. The summed E-state index contributed by atoms with van der Waals surface area (Å²) in [5, 5.41) is 15.9. The number of hydrogen-bond donors (Lipinski definition) is 2. The predicted octanol–water partition coefficient (Wildman–Crippen LogP) is 1.84. The van der Waals surface area contributed by atoms with E-state index in [4.69, 9.17) is 4.52 Å². The van der Waals surface area contributed by atoms with Gasteiger partial charge in [0.15, 0.2) is 0 Å². The SMILES string of the molecule is Cc1cc(NC(=O)[C@@H](C)N2CCN(c3ccc(O)cc3)CC2)on1. The van der Waals surface area contributed by atoms with Crippen LogP contribution in [0.25, 0.3) is 0 Å². The van der Waals surface area contributed by atoms with Gasteiger partial charge in [0.05, 0.1) is 11.7 Å². The molecule has 2 N–H and O–H groups in total. The van der Waals surface area contributed by atoms with Crippen molar-refractivity contribution in [2.45, 2.75) is 19.9 Å². The molecular formula is C17H22N4O3. The summed E-state index contributed by atoms with van der Waals surface area (Å²) >= 11 is 0. The quantitative estimate of drug-likeness (QED) is 0.890. The molecule has 1 fully saturated rings. The number of rotatable bonds is 4. The molecule has 1 aromatic heterocycles. The van der Waals surface area contributed by atoms with Crippen molar-refractivity contribution in [2.24, 2.45) is 0 Å². The van der Waals surface area contributed by atoms with Crippen molar-refractivity contribution in [1.29, 1.82) is 0 Å². The summed E-state index contributed by atoms with van der Waals surface area (Å²) in [5.74, 6) is 0.557. The third-order valence-corrected chi connectivity index (χ3v) is 4.33. The summed E-state index contributed by atoms with van der Waals surface area (Å²) in [6, 6.07) is 8.67. The van der Waals surface area contributed by atoms with Crippen molar-refractivity contribution in [3.05, 3.63) is 36.0 Å². The Bertz CT molecular complexity index is 690. The van der Waals surface area contributed by atoms with Crippen LogP contribution in [0.5, 0.6) is 5.75 Å². The number of carbonyl (C=O) groups excluding carboxylic acids is 1. The lowest BCUT2D eigenvalue weighted by Crippen LogP contribution is -2.52. The molecule has 2 aromatic rings. The third-order valence-electron chi connectivity index (χ3n) is 4.33. The molecular weight excluding hydrogens is 308 g/mol. The molecule has 1 atom stereocenters. The van der Waals surface area contributed by atoms with Crippen LogP contribution in [0.4, 0.5) is 11.6 Å². The molecule has 2 heterocycles. The molecule has 0 spiro atoms. The van der Waals surface area contributed by atoms with E-state index in [2.05, 4.69) is 20.3 Å². The van der Waals surface area contributed by atoms with Crippen molar-refractivity contribution in [1.82, 2.24) is 10.1 Å². The summed E-state index contributed by atoms with van der Waals surface area (Å²) < 4.78 is 5.03. The molecule has 0 bridgehead atoms. The zero-order valence-corrected chi connectivity index (χ0v) is 13.9. The Balaban J connectivity index is 1.53. The van der Waals surface area contributed by atoms with Crippen molar-refractivity contribution in [2.75, 3.05) is 36.4 Å². The minimum atomic E-state index is -0.239. The lowest BCUT2D eigenvalue weighted by Gasteiger charge is -2.38. The third kappa shape index (κ3) is 3.68. The zero-order valence-electron chi connectivity index (χ0n) is 13.9. The Morgan fingerprint density at radius 3 is 2.50 bits per heavy atom. The highest BCUT2D eigenvalue weighted by Crippen LogP contribution is 2.20. The van der Waals surface area contributed by atoms with Gasteiger partial charge >= 0.3 is 0 Å². The molecule has 128 valence electrons. The van der Waals surface area contributed by atoms with E-state index in [0.717, 1.165) is 37.6 Å². The first-order valence-corrected chi connectivity index (χ1v) is 8.05. The molecule has 0 unspecified atom stereocenters. The summed E-state index contributed by atoms with van der Waals surface area (Å²) in [6.07, 6.45) is 0. The van der Waals surface area contributed by atoms with Crippen LogP contribution in [0.1, 0.15) is 12.6 Å². The Hall–Kier alpha value is -2.54. The number of phenolic OH excluding ortho intramolecular Hbond substituents is 1. The number of anilines is 2. The molecule has 1 aliphatic rings. The van der Waals surface area contributed by atoms with Crippen LogP contribution in [-0.2, 0) is 4.79 Å². The first-order valence-electron chi connectivity index (χ1n) is 8.05. The Morgan fingerprint density at radius 2 is 1.92 bits per heavy atom. The first kappa shape index (κ1) is 16.3. The van der Waals surface area contributed by atoms with Crippen LogP contribution in [0.15, 0.2) is 34.9 Å². The van der Waals surface area contributed by atoms with E-state index in [1.54, 1.807) is 18.2 Å². The topological polar surface area (TPSA) is 81.8 Å². The smallest absolute Gasteiger partial charge is 0.243 e. The van der Waals surface area contributed by atoms with Gasteiger partial charge in [-0.25, -0.2) is 0 Å². The van der Waals surface area contributed by atoms with Crippen molar-refractivity contribution in [3.8, 4) is 5.75 Å². The van der Waals surface area contributed by atoms with Gasteiger partial charge < -0.3 is 14.5 Å². The number of aryl methyl sites for hydroxylation is 1. The van der Waals surface area contributed by atoms with Gasteiger partial charge in [0, 0.05) is 37.9 Å². The average molecular weight is 330 g/mol. The number of hydrogen-bond acceptors (Lipinski definition) is 6. The molecule has 0 saturated carbocycles. The van der Waals surface area contributed by atoms with Gasteiger partial charge in [0.2, 0.25) is 11.8 Å². The molecule has 3 rings (SSSR count). The minimum Gasteiger partial charge on any atom is -0.508 e. The largest absolute Gasteiger partial charge is 0.508 e. The van der Waals surface area contributed by atoms with Gasteiger partial charge in [0.1, 0.15) is 5.75 Å². The van der Waals surface area contributed by atoms with Crippen molar-refractivity contribution < 1.29 is 14.4 Å². The number of piperazine rings is 1. The van der Waals surface area contributed by atoms with Gasteiger partial charge in [-0.3, -0.25) is 15.0 Å². The van der Waals surface area contributed by atoms with Gasteiger partial charge in [-0.1, -0.05) is 5.16 Å². The summed E-state index contributed by atoms with van der Waals surface area (Å²) in [6.45, 7) is 6.98. The van der Waals surface area contributed by atoms with Crippen LogP contribution in [0, 0.1) is 6.92 Å². The molecule has 7 heteroatoms. The number of aromatic nitrogens is 1. The second-order valence-corrected chi connectivity index (χ2v) is 6.04. The average Bonchev–Trinajstić information content (AvgIpc) is 3.00. The molecule has 1 aliphatic heterocycles. The number of nitrogens with one attached hydrogen (secondary N) is 1. The van der Waals surface area contributed by atoms with Crippen LogP contribution in [0.3, 0.4) is 0 Å². The van der Waals surface area contributed by atoms with E-state index in [-0.39, 0.29) is 17.7 Å². The van der Waals surface area contributed by atoms with Gasteiger partial charge in [0.25, 0.3) is 0 Å². The molecule has 1 aromatic carbocycles. The lowest BCUT2D eigenvalue weighted by molar-refractivity contribution is -0.121. The molecule has 24 heavy (non-hydrogen) atoms. The van der Waals surface area contributed by atoms with Gasteiger partial charge in [-0.2, -0.15) is 0 Å². The lowest BCUT2D eigenvalue weighted by atomic mass is 10.2. The highest BCUT2D eigenvalue weighted by Gasteiger charge is 2.26. The minimum absolute atomic E-state index is 0.0933. The monoisotopic (exact) mass is 330 g/mol. The normalized spacial score (nSPS) is 16.8.